The van der Waals surface area contributed by atoms with Gasteiger partial charge in [-0.15, -0.1) is 0 Å². The summed E-state index contributed by atoms with van der Waals surface area (Å²) < 4.78 is 0. The lowest BCUT2D eigenvalue weighted by molar-refractivity contribution is -0.122. The second kappa shape index (κ2) is 6.70. The van der Waals surface area contributed by atoms with Gasteiger partial charge in [0.05, 0.1) is 12.0 Å². The fraction of sp³-hybridized carbons (Fsp3) is 0.429. The molecule has 0 spiro atoms. The number of nitriles is 1. The van der Waals surface area contributed by atoms with Crippen molar-refractivity contribution in [2.45, 2.75) is 26.2 Å². The summed E-state index contributed by atoms with van der Waals surface area (Å²) in [5.41, 5.74) is 1.01. The van der Waals surface area contributed by atoms with E-state index in [-0.39, 0.29) is 18.4 Å². The summed E-state index contributed by atoms with van der Waals surface area (Å²) >= 11 is 0. The molecule has 0 aliphatic rings. The number of hydrogen-bond acceptors (Lipinski definition) is 2. The van der Waals surface area contributed by atoms with Gasteiger partial charge in [-0.2, -0.15) is 5.26 Å². The van der Waals surface area contributed by atoms with E-state index in [1.165, 1.54) is 0 Å². The first-order chi connectivity index (χ1) is 8.15. The Morgan fingerprint density at radius 1 is 1.35 bits per heavy atom. The number of nitrogens with one attached hydrogen (secondary N) is 1. The van der Waals surface area contributed by atoms with E-state index < -0.39 is 0 Å². The van der Waals surface area contributed by atoms with Gasteiger partial charge in [0, 0.05) is 0 Å². The van der Waals surface area contributed by atoms with Gasteiger partial charge in [-0.3, -0.25) is 4.79 Å². The molecule has 1 aromatic rings. The second-order valence-corrected chi connectivity index (χ2v) is 4.47. The second-order valence-electron chi connectivity index (χ2n) is 4.47. The van der Waals surface area contributed by atoms with Crippen molar-refractivity contribution in [2.24, 2.45) is 5.92 Å². The summed E-state index contributed by atoms with van der Waals surface area (Å²) in [4.78, 5) is 12.0. The van der Waals surface area contributed by atoms with Gasteiger partial charge < -0.3 is 5.32 Å². The topological polar surface area (TPSA) is 52.9 Å². The van der Waals surface area contributed by atoms with Crippen LogP contribution in [0.15, 0.2) is 30.3 Å². The highest BCUT2D eigenvalue weighted by Gasteiger charge is 2.20. The van der Waals surface area contributed by atoms with E-state index in [0.717, 1.165) is 12.0 Å². The zero-order chi connectivity index (χ0) is 12.7. The van der Waals surface area contributed by atoms with Crippen LogP contribution in [0.2, 0.25) is 0 Å². The van der Waals surface area contributed by atoms with Crippen LogP contribution >= 0.6 is 0 Å². The lowest BCUT2D eigenvalue weighted by Crippen LogP contribution is -2.30. The first kappa shape index (κ1) is 13.2. The molecule has 3 nitrogen and oxygen atoms in total. The van der Waals surface area contributed by atoms with Crippen molar-refractivity contribution in [3.05, 3.63) is 35.9 Å². The standard InChI is InChI=1S/C14H18N2O/c1-11(2)10-13(14(17)16-9-8-15)12-6-4-3-5-7-12/h3-7,11,13H,9-10H2,1-2H3,(H,16,17). The molecule has 1 aromatic carbocycles. The summed E-state index contributed by atoms with van der Waals surface area (Å²) in [6, 6.07) is 11.6. The maximum absolute atomic E-state index is 12.0. The molecule has 0 heterocycles. The van der Waals surface area contributed by atoms with Crippen LogP contribution in [0, 0.1) is 17.2 Å². The molecular weight excluding hydrogens is 212 g/mol. The maximum Gasteiger partial charge on any atom is 0.228 e. The zero-order valence-corrected chi connectivity index (χ0v) is 10.3. The Bertz CT molecular complexity index is 392. The number of benzene rings is 1. The predicted octanol–water partition coefficient (Wildman–Crippen LogP) is 2.46. The fourth-order valence-corrected chi connectivity index (χ4v) is 1.80. The van der Waals surface area contributed by atoms with E-state index in [2.05, 4.69) is 19.2 Å². The van der Waals surface area contributed by atoms with Crippen molar-refractivity contribution in [1.82, 2.24) is 5.32 Å². The quantitative estimate of drug-likeness (QED) is 0.790. The minimum atomic E-state index is -0.162. The van der Waals surface area contributed by atoms with Crippen molar-refractivity contribution >= 4 is 5.91 Å². The smallest absolute Gasteiger partial charge is 0.228 e. The zero-order valence-electron chi connectivity index (χ0n) is 10.3. The number of carbonyl (C=O) groups excluding carboxylic acids is 1. The molecular formula is C14H18N2O. The van der Waals surface area contributed by atoms with Crippen LogP contribution < -0.4 is 5.32 Å². The van der Waals surface area contributed by atoms with Crippen molar-refractivity contribution in [3.8, 4) is 6.07 Å². The number of amides is 1. The van der Waals surface area contributed by atoms with Gasteiger partial charge in [0.15, 0.2) is 0 Å². The third kappa shape index (κ3) is 4.28. The molecule has 17 heavy (non-hydrogen) atoms. The van der Waals surface area contributed by atoms with E-state index in [1.54, 1.807) is 0 Å². The summed E-state index contributed by atoms with van der Waals surface area (Å²) in [7, 11) is 0. The number of rotatable bonds is 5. The average Bonchev–Trinajstić information content (AvgIpc) is 2.34. The summed E-state index contributed by atoms with van der Waals surface area (Å²) in [5.74, 6) is 0.212. The Balaban J connectivity index is 2.81. The van der Waals surface area contributed by atoms with Crippen molar-refractivity contribution in [3.63, 3.8) is 0 Å². The van der Waals surface area contributed by atoms with E-state index in [4.69, 9.17) is 5.26 Å². The third-order valence-electron chi connectivity index (χ3n) is 2.57. The van der Waals surface area contributed by atoms with Crippen LogP contribution in [0.1, 0.15) is 31.7 Å². The van der Waals surface area contributed by atoms with Gasteiger partial charge in [-0.05, 0) is 17.9 Å². The summed E-state index contributed by atoms with van der Waals surface area (Å²) in [6.07, 6.45) is 0.793. The number of nitrogens with zero attached hydrogens (tertiary/aromatic N) is 1. The molecule has 1 amide bonds. The Hall–Kier alpha value is -1.82. The van der Waals surface area contributed by atoms with Crippen LogP contribution in [-0.2, 0) is 4.79 Å². The minimum absolute atomic E-state index is 0.0635. The molecule has 0 fully saturated rings. The summed E-state index contributed by atoms with van der Waals surface area (Å²) in [6.45, 7) is 4.25. The Morgan fingerprint density at radius 2 is 2.00 bits per heavy atom. The molecule has 0 saturated carbocycles. The molecule has 0 aliphatic carbocycles. The maximum atomic E-state index is 12.0. The molecule has 1 unspecified atom stereocenters. The predicted molar refractivity (Wildman–Crippen MR) is 67.3 cm³/mol. The van der Waals surface area contributed by atoms with E-state index in [9.17, 15) is 4.79 Å². The highest BCUT2D eigenvalue weighted by molar-refractivity contribution is 5.83. The first-order valence-corrected chi connectivity index (χ1v) is 5.84. The highest BCUT2D eigenvalue weighted by Crippen LogP contribution is 2.23. The first-order valence-electron chi connectivity index (χ1n) is 5.84. The van der Waals surface area contributed by atoms with Gasteiger partial charge in [0.1, 0.15) is 6.54 Å². The lowest BCUT2D eigenvalue weighted by Gasteiger charge is -2.18. The normalized spacial score (nSPS) is 11.9. The van der Waals surface area contributed by atoms with E-state index in [1.807, 2.05) is 36.4 Å². The van der Waals surface area contributed by atoms with Crippen LogP contribution in [0.4, 0.5) is 0 Å². The van der Waals surface area contributed by atoms with Crippen molar-refractivity contribution < 1.29 is 4.79 Å². The molecule has 0 aliphatic heterocycles. The van der Waals surface area contributed by atoms with Crippen molar-refractivity contribution in [1.29, 1.82) is 5.26 Å². The summed E-state index contributed by atoms with van der Waals surface area (Å²) in [5, 5.41) is 11.1. The number of hydrogen-bond donors (Lipinski definition) is 1. The largest absolute Gasteiger partial charge is 0.342 e. The van der Waals surface area contributed by atoms with Crippen LogP contribution in [-0.4, -0.2) is 12.5 Å². The van der Waals surface area contributed by atoms with Crippen LogP contribution in [0.5, 0.6) is 0 Å². The van der Waals surface area contributed by atoms with E-state index in [0.29, 0.717) is 5.92 Å². The molecule has 1 N–H and O–H groups in total. The van der Waals surface area contributed by atoms with Crippen molar-refractivity contribution in [2.75, 3.05) is 6.54 Å². The minimum Gasteiger partial charge on any atom is -0.342 e. The van der Waals surface area contributed by atoms with Crippen LogP contribution in [0.3, 0.4) is 0 Å². The van der Waals surface area contributed by atoms with Gasteiger partial charge in [-0.25, -0.2) is 0 Å². The molecule has 0 bridgehead atoms. The molecule has 0 radical (unpaired) electrons. The average molecular weight is 230 g/mol. The van der Waals surface area contributed by atoms with Gasteiger partial charge >= 0.3 is 0 Å². The van der Waals surface area contributed by atoms with Gasteiger partial charge in [0.25, 0.3) is 0 Å². The fourth-order valence-electron chi connectivity index (χ4n) is 1.80. The SMILES string of the molecule is CC(C)CC(C(=O)NCC#N)c1ccccc1. The Labute approximate surface area is 102 Å². The Kier molecular flexibility index (Phi) is 5.22. The lowest BCUT2D eigenvalue weighted by atomic mass is 9.89. The van der Waals surface area contributed by atoms with E-state index >= 15 is 0 Å². The van der Waals surface area contributed by atoms with Crippen LogP contribution in [0.25, 0.3) is 0 Å². The van der Waals surface area contributed by atoms with Gasteiger partial charge in [-0.1, -0.05) is 44.2 Å². The van der Waals surface area contributed by atoms with Gasteiger partial charge in [0.2, 0.25) is 5.91 Å². The third-order valence-corrected chi connectivity index (χ3v) is 2.57. The molecule has 1 atom stereocenters. The molecule has 90 valence electrons. The molecule has 0 aromatic heterocycles. The monoisotopic (exact) mass is 230 g/mol. The highest BCUT2D eigenvalue weighted by atomic mass is 16.1. The molecule has 1 rings (SSSR count). The molecule has 3 heteroatoms. The number of carbonyl (C=O) groups is 1. The molecule has 0 saturated heterocycles. The Morgan fingerprint density at radius 3 is 2.53 bits per heavy atom.